The quantitative estimate of drug-likeness (QED) is 0.746. The zero-order valence-electron chi connectivity index (χ0n) is 13.3. The highest BCUT2D eigenvalue weighted by Crippen LogP contribution is 2.34. The van der Waals surface area contributed by atoms with Crippen molar-refractivity contribution in [3.8, 4) is 0 Å². The highest BCUT2D eigenvalue weighted by Gasteiger charge is 2.34. The van der Waals surface area contributed by atoms with Crippen molar-refractivity contribution < 1.29 is 9.47 Å². The van der Waals surface area contributed by atoms with Crippen LogP contribution in [0, 0.1) is 5.92 Å². The fourth-order valence-corrected chi connectivity index (χ4v) is 2.94. The van der Waals surface area contributed by atoms with Crippen LogP contribution >= 0.6 is 0 Å². The van der Waals surface area contributed by atoms with Gasteiger partial charge in [0.15, 0.2) is 5.79 Å². The molecule has 0 amide bonds. The van der Waals surface area contributed by atoms with Crippen LogP contribution in [0.5, 0.6) is 0 Å². The Balaban J connectivity index is 2.03. The lowest BCUT2D eigenvalue weighted by Crippen LogP contribution is -2.23. The third-order valence-corrected chi connectivity index (χ3v) is 4.27. The van der Waals surface area contributed by atoms with Gasteiger partial charge in [-0.1, -0.05) is 50.6 Å². The van der Waals surface area contributed by atoms with Gasteiger partial charge in [-0.05, 0) is 44.1 Å². The second-order valence-corrected chi connectivity index (χ2v) is 6.54. The molecule has 1 aliphatic heterocycles. The molecule has 0 saturated carbocycles. The Morgan fingerprint density at radius 2 is 1.95 bits per heavy atom. The lowest BCUT2D eigenvalue weighted by atomic mass is 9.85. The highest BCUT2D eigenvalue weighted by atomic mass is 16.7. The Hall–Kier alpha value is -0.860. The van der Waals surface area contributed by atoms with Crippen LogP contribution in [0.4, 0.5) is 0 Å². The summed E-state index contributed by atoms with van der Waals surface area (Å²) in [4.78, 5) is 0. The molecule has 1 aliphatic rings. The van der Waals surface area contributed by atoms with Crippen molar-refractivity contribution in [1.29, 1.82) is 0 Å². The standard InChI is InChI=1S/C18H28O2/c1-5-14(2)11-16(15-9-7-6-8-10-15)12-17-13-19-18(3,4)20-17/h6-10,14,16-17H,5,11-13H2,1-4H3. The van der Waals surface area contributed by atoms with Gasteiger partial charge in [-0.2, -0.15) is 0 Å². The van der Waals surface area contributed by atoms with E-state index in [0.717, 1.165) is 18.9 Å². The maximum atomic E-state index is 5.99. The van der Waals surface area contributed by atoms with Crippen LogP contribution in [-0.4, -0.2) is 18.5 Å². The normalized spacial score (nSPS) is 24.5. The van der Waals surface area contributed by atoms with Gasteiger partial charge in [0, 0.05) is 0 Å². The zero-order valence-corrected chi connectivity index (χ0v) is 13.3. The Kier molecular flexibility index (Phi) is 5.22. The minimum absolute atomic E-state index is 0.222. The third-order valence-electron chi connectivity index (χ3n) is 4.27. The lowest BCUT2D eigenvalue weighted by molar-refractivity contribution is -0.139. The average Bonchev–Trinajstić information content (AvgIpc) is 2.78. The SMILES string of the molecule is CCC(C)CC(CC1COC(C)(C)O1)c1ccccc1. The molecule has 1 aromatic rings. The number of ether oxygens (including phenoxy) is 2. The van der Waals surface area contributed by atoms with Crippen molar-refractivity contribution in [2.75, 3.05) is 6.61 Å². The van der Waals surface area contributed by atoms with Gasteiger partial charge < -0.3 is 9.47 Å². The highest BCUT2D eigenvalue weighted by molar-refractivity contribution is 5.19. The van der Waals surface area contributed by atoms with E-state index in [1.54, 1.807) is 0 Å². The van der Waals surface area contributed by atoms with Gasteiger partial charge in [0.05, 0.1) is 12.7 Å². The summed E-state index contributed by atoms with van der Waals surface area (Å²) in [7, 11) is 0. The summed E-state index contributed by atoms with van der Waals surface area (Å²) < 4.78 is 11.7. The molecule has 112 valence electrons. The van der Waals surface area contributed by atoms with Crippen molar-refractivity contribution in [1.82, 2.24) is 0 Å². The summed E-state index contributed by atoms with van der Waals surface area (Å²) in [5.74, 6) is 0.895. The predicted octanol–water partition coefficient (Wildman–Crippen LogP) is 4.75. The Bertz CT molecular complexity index is 399. The summed E-state index contributed by atoms with van der Waals surface area (Å²) in [6.07, 6.45) is 3.73. The van der Waals surface area contributed by atoms with E-state index in [9.17, 15) is 0 Å². The van der Waals surface area contributed by atoms with Crippen LogP contribution in [0.15, 0.2) is 30.3 Å². The molecule has 2 nitrogen and oxygen atoms in total. The van der Waals surface area contributed by atoms with Crippen LogP contribution in [0.2, 0.25) is 0 Å². The van der Waals surface area contributed by atoms with Crippen LogP contribution in [-0.2, 0) is 9.47 Å². The van der Waals surface area contributed by atoms with Gasteiger partial charge >= 0.3 is 0 Å². The fraction of sp³-hybridized carbons (Fsp3) is 0.667. The van der Waals surface area contributed by atoms with Crippen molar-refractivity contribution in [3.05, 3.63) is 35.9 Å². The number of hydrogen-bond donors (Lipinski definition) is 0. The third kappa shape index (κ3) is 4.32. The van der Waals surface area contributed by atoms with E-state index in [1.807, 2.05) is 13.8 Å². The molecule has 0 aliphatic carbocycles. The molecule has 1 saturated heterocycles. The predicted molar refractivity (Wildman–Crippen MR) is 82.8 cm³/mol. The van der Waals surface area contributed by atoms with Crippen molar-refractivity contribution >= 4 is 0 Å². The molecule has 1 heterocycles. The first-order valence-corrected chi connectivity index (χ1v) is 7.87. The number of benzene rings is 1. The molecule has 2 heteroatoms. The van der Waals surface area contributed by atoms with Gasteiger partial charge in [-0.15, -0.1) is 0 Å². The zero-order chi connectivity index (χ0) is 14.6. The minimum Gasteiger partial charge on any atom is -0.348 e. The summed E-state index contributed by atoms with van der Waals surface area (Å²) >= 11 is 0. The fourth-order valence-electron chi connectivity index (χ4n) is 2.94. The van der Waals surface area contributed by atoms with Crippen LogP contribution < -0.4 is 0 Å². The Morgan fingerprint density at radius 3 is 2.50 bits per heavy atom. The summed E-state index contributed by atoms with van der Waals surface area (Å²) in [6.45, 7) is 9.33. The van der Waals surface area contributed by atoms with E-state index in [2.05, 4.69) is 44.2 Å². The second-order valence-electron chi connectivity index (χ2n) is 6.54. The molecule has 0 N–H and O–H groups in total. The minimum atomic E-state index is -0.414. The van der Waals surface area contributed by atoms with E-state index >= 15 is 0 Å². The van der Waals surface area contributed by atoms with Crippen molar-refractivity contribution in [3.63, 3.8) is 0 Å². The molecule has 0 radical (unpaired) electrons. The number of hydrogen-bond acceptors (Lipinski definition) is 2. The van der Waals surface area contributed by atoms with Gasteiger partial charge in [-0.25, -0.2) is 0 Å². The summed E-state index contributed by atoms with van der Waals surface area (Å²) in [5.41, 5.74) is 1.43. The van der Waals surface area contributed by atoms with Gasteiger partial charge in [-0.3, -0.25) is 0 Å². The first-order chi connectivity index (χ1) is 9.50. The van der Waals surface area contributed by atoms with E-state index in [-0.39, 0.29) is 6.10 Å². The Labute approximate surface area is 123 Å². The largest absolute Gasteiger partial charge is 0.348 e. The Morgan fingerprint density at radius 1 is 1.25 bits per heavy atom. The lowest BCUT2D eigenvalue weighted by Gasteiger charge is -2.24. The topological polar surface area (TPSA) is 18.5 Å². The molecule has 2 rings (SSSR count). The maximum absolute atomic E-state index is 5.99. The molecular weight excluding hydrogens is 248 g/mol. The molecule has 0 spiro atoms. The molecular formula is C18H28O2. The molecule has 20 heavy (non-hydrogen) atoms. The smallest absolute Gasteiger partial charge is 0.163 e. The van der Waals surface area contributed by atoms with E-state index < -0.39 is 5.79 Å². The molecule has 1 fully saturated rings. The first-order valence-electron chi connectivity index (χ1n) is 7.87. The van der Waals surface area contributed by atoms with Crippen molar-refractivity contribution in [2.45, 2.75) is 64.8 Å². The van der Waals surface area contributed by atoms with Gasteiger partial charge in [0.1, 0.15) is 0 Å². The van der Waals surface area contributed by atoms with Crippen molar-refractivity contribution in [2.24, 2.45) is 5.92 Å². The van der Waals surface area contributed by atoms with Gasteiger partial charge in [0.25, 0.3) is 0 Å². The summed E-state index contributed by atoms with van der Waals surface area (Å²) in [5, 5.41) is 0. The van der Waals surface area contributed by atoms with E-state index in [0.29, 0.717) is 5.92 Å². The van der Waals surface area contributed by atoms with Crippen LogP contribution in [0.3, 0.4) is 0 Å². The summed E-state index contributed by atoms with van der Waals surface area (Å²) in [6, 6.07) is 10.8. The molecule has 0 bridgehead atoms. The molecule has 1 aromatic carbocycles. The molecule has 3 atom stereocenters. The monoisotopic (exact) mass is 276 g/mol. The second kappa shape index (κ2) is 6.73. The first kappa shape index (κ1) is 15.5. The maximum Gasteiger partial charge on any atom is 0.163 e. The number of rotatable bonds is 6. The van der Waals surface area contributed by atoms with Crippen LogP contribution in [0.25, 0.3) is 0 Å². The van der Waals surface area contributed by atoms with E-state index in [4.69, 9.17) is 9.47 Å². The molecule has 0 aromatic heterocycles. The van der Waals surface area contributed by atoms with Crippen LogP contribution in [0.1, 0.15) is 58.4 Å². The van der Waals surface area contributed by atoms with E-state index in [1.165, 1.54) is 18.4 Å². The van der Waals surface area contributed by atoms with Gasteiger partial charge in [0.2, 0.25) is 0 Å². The molecule has 3 unspecified atom stereocenters. The average molecular weight is 276 g/mol.